The number of aryl methyl sites for hydroxylation is 2. The highest BCUT2D eigenvalue weighted by molar-refractivity contribution is 5.80. The lowest BCUT2D eigenvalue weighted by atomic mass is 10.1. The van der Waals surface area contributed by atoms with Crippen LogP contribution in [0.2, 0.25) is 0 Å². The standard InChI is InChI=1S/C22H39N5O/c1-3-23-22(25-12-6-7-14-26-17-13-24-19(26)2)27-15-10-21(11-16-27)28-18-20-8-4-5-9-20/h13,17,20-21H,3-12,14-16,18H2,1-2H3,(H,23,25). The van der Waals surface area contributed by atoms with Gasteiger partial charge in [-0.2, -0.15) is 0 Å². The number of hydrogen-bond acceptors (Lipinski definition) is 3. The molecule has 0 unspecified atom stereocenters. The molecule has 1 N–H and O–H groups in total. The summed E-state index contributed by atoms with van der Waals surface area (Å²) in [4.78, 5) is 11.6. The molecule has 0 atom stereocenters. The van der Waals surface area contributed by atoms with Gasteiger partial charge in [-0.15, -0.1) is 0 Å². The van der Waals surface area contributed by atoms with Gasteiger partial charge >= 0.3 is 0 Å². The highest BCUT2D eigenvalue weighted by Gasteiger charge is 2.23. The van der Waals surface area contributed by atoms with Crippen molar-refractivity contribution >= 4 is 5.96 Å². The fourth-order valence-electron chi connectivity index (χ4n) is 4.33. The van der Waals surface area contributed by atoms with Gasteiger partial charge in [0.15, 0.2) is 5.96 Å². The SMILES string of the molecule is CCNC(=NCCCCn1ccnc1C)N1CCC(OCC2CCCC2)CC1. The Morgan fingerprint density at radius 3 is 2.68 bits per heavy atom. The Balaban J connectivity index is 1.36. The molecule has 3 rings (SSSR count). The van der Waals surface area contributed by atoms with E-state index in [2.05, 4.69) is 39.8 Å². The van der Waals surface area contributed by atoms with Crippen LogP contribution in [0.25, 0.3) is 0 Å². The molecule has 1 aliphatic carbocycles. The highest BCUT2D eigenvalue weighted by atomic mass is 16.5. The minimum atomic E-state index is 0.443. The molecule has 1 saturated heterocycles. The number of unbranched alkanes of at least 4 members (excludes halogenated alkanes) is 1. The third-order valence-corrected chi connectivity index (χ3v) is 6.11. The second-order valence-electron chi connectivity index (χ2n) is 8.28. The van der Waals surface area contributed by atoms with E-state index < -0.39 is 0 Å². The fraction of sp³-hybridized carbons (Fsp3) is 0.818. The van der Waals surface area contributed by atoms with E-state index in [1.165, 1.54) is 25.7 Å². The maximum Gasteiger partial charge on any atom is 0.193 e. The summed E-state index contributed by atoms with van der Waals surface area (Å²) in [6.45, 7) is 10.1. The number of guanidine groups is 1. The quantitative estimate of drug-likeness (QED) is 0.398. The molecule has 6 heteroatoms. The number of nitrogens with one attached hydrogen (secondary N) is 1. The largest absolute Gasteiger partial charge is 0.378 e. The maximum atomic E-state index is 6.22. The zero-order chi connectivity index (χ0) is 19.6. The van der Waals surface area contributed by atoms with Crippen molar-refractivity contribution in [2.45, 2.75) is 77.9 Å². The second kappa shape index (κ2) is 11.4. The Kier molecular flexibility index (Phi) is 8.65. The first-order valence-corrected chi connectivity index (χ1v) is 11.4. The third kappa shape index (κ3) is 6.50. The molecule has 2 fully saturated rings. The number of imidazole rings is 1. The third-order valence-electron chi connectivity index (χ3n) is 6.11. The molecular weight excluding hydrogens is 350 g/mol. The first-order chi connectivity index (χ1) is 13.8. The van der Waals surface area contributed by atoms with E-state index in [0.717, 1.165) is 82.7 Å². The van der Waals surface area contributed by atoms with Crippen molar-refractivity contribution in [2.75, 3.05) is 32.8 Å². The van der Waals surface area contributed by atoms with Crippen molar-refractivity contribution in [2.24, 2.45) is 10.9 Å². The van der Waals surface area contributed by atoms with Crippen LogP contribution in [-0.2, 0) is 11.3 Å². The van der Waals surface area contributed by atoms with Gasteiger partial charge in [0.1, 0.15) is 5.82 Å². The Hall–Kier alpha value is -1.56. The van der Waals surface area contributed by atoms with Crippen LogP contribution in [0.1, 0.15) is 64.1 Å². The van der Waals surface area contributed by atoms with E-state index in [-0.39, 0.29) is 0 Å². The lowest BCUT2D eigenvalue weighted by Gasteiger charge is -2.34. The van der Waals surface area contributed by atoms with Crippen LogP contribution < -0.4 is 5.32 Å². The predicted molar refractivity (Wildman–Crippen MR) is 115 cm³/mol. The number of ether oxygens (including phenoxy) is 1. The molecule has 2 aliphatic rings. The van der Waals surface area contributed by atoms with Gasteiger partial charge in [-0.1, -0.05) is 12.8 Å². The molecule has 0 spiro atoms. The zero-order valence-electron chi connectivity index (χ0n) is 17.9. The molecule has 1 aromatic rings. The fourth-order valence-corrected chi connectivity index (χ4v) is 4.33. The van der Waals surface area contributed by atoms with Gasteiger partial charge in [-0.05, 0) is 58.3 Å². The molecule has 6 nitrogen and oxygen atoms in total. The minimum absolute atomic E-state index is 0.443. The predicted octanol–water partition coefficient (Wildman–Crippen LogP) is 3.61. The van der Waals surface area contributed by atoms with Crippen LogP contribution >= 0.6 is 0 Å². The van der Waals surface area contributed by atoms with Gasteiger partial charge in [0, 0.05) is 51.7 Å². The van der Waals surface area contributed by atoms with E-state index in [9.17, 15) is 0 Å². The van der Waals surface area contributed by atoms with Crippen molar-refractivity contribution in [3.8, 4) is 0 Å². The topological polar surface area (TPSA) is 54.7 Å². The normalized spacial score (nSPS) is 19.5. The lowest BCUT2D eigenvalue weighted by molar-refractivity contribution is 0.00102. The van der Waals surface area contributed by atoms with E-state index in [4.69, 9.17) is 9.73 Å². The van der Waals surface area contributed by atoms with E-state index in [1.54, 1.807) is 0 Å². The number of likely N-dealkylation sites (tertiary alicyclic amines) is 1. The summed E-state index contributed by atoms with van der Waals surface area (Å²) in [6, 6.07) is 0. The summed E-state index contributed by atoms with van der Waals surface area (Å²) >= 11 is 0. The summed E-state index contributed by atoms with van der Waals surface area (Å²) in [7, 11) is 0. The molecule has 1 aromatic heterocycles. The van der Waals surface area contributed by atoms with Crippen LogP contribution in [0.4, 0.5) is 0 Å². The zero-order valence-corrected chi connectivity index (χ0v) is 17.9. The van der Waals surface area contributed by atoms with Crippen LogP contribution in [0.15, 0.2) is 17.4 Å². The Labute approximate surface area is 170 Å². The molecule has 0 aromatic carbocycles. The van der Waals surface area contributed by atoms with Crippen molar-refractivity contribution in [1.82, 2.24) is 19.8 Å². The summed E-state index contributed by atoms with van der Waals surface area (Å²) in [5.41, 5.74) is 0. The van der Waals surface area contributed by atoms with Gasteiger partial charge in [-0.3, -0.25) is 4.99 Å². The molecule has 1 saturated carbocycles. The summed E-state index contributed by atoms with van der Waals surface area (Å²) in [5, 5.41) is 3.48. The summed E-state index contributed by atoms with van der Waals surface area (Å²) in [6.07, 6.45) is 14.4. The number of hydrogen-bond donors (Lipinski definition) is 1. The van der Waals surface area contributed by atoms with Crippen molar-refractivity contribution in [3.63, 3.8) is 0 Å². The highest BCUT2D eigenvalue weighted by Crippen LogP contribution is 2.26. The lowest BCUT2D eigenvalue weighted by Crippen LogP contribution is -2.47. The van der Waals surface area contributed by atoms with E-state index in [1.807, 2.05) is 6.20 Å². The van der Waals surface area contributed by atoms with Crippen molar-refractivity contribution in [1.29, 1.82) is 0 Å². The second-order valence-corrected chi connectivity index (χ2v) is 8.28. The number of aliphatic imine (C=N–C) groups is 1. The van der Waals surface area contributed by atoms with Gasteiger partial charge in [-0.25, -0.2) is 4.98 Å². The number of rotatable bonds is 9. The summed E-state index contributed by atoms with van der Waals surface area (Å²) in [5.74, 6) is 2.99. The average molecular weight is 390 g/mol. The first kappa shape index (κ1) is 21.2. The molecule has 158 valence electrons. The first-order valence-electron chi connectivity index (χ1n) is 11.4. The molecule has 0 radical (unpaired) electrons. The Bertz CT molecular complexity index is 586. The van der Waals surface area contributed by atoms with Gasteiger partial charge in [0.05, 0.1) is 6.10 Å². The molecule has 2 heterocycles. The molecule has 1 aliphatic heterocycles. The number of nitrogens with zero attached hydrogens (tertiary/aromatic N) is 4. The van der Waals surface area contributed by atoms with Gasteiger partial charge < -0.3 is 19.5 Å². The molecule has 0 bridgehead atoms. The monoisotopic (exact) mass is 389 g/mol. The van der Waals surface area contributed by atoms with E-state index >= 15 is 0 Å². The van der Waals surface area contributed by atoms with E-state index in [0.29, 0.717) is 6.10 Å². The van der Waals surface area contributed by atoms with Crippen LogP contribution in [0.3, 0.4) is 0 Å². The minimum Gasteiger partial charge on any atom is -0.378 e. The summed E-state index contributed by atoms with van der Waals surface area (Å²) < 4.78 is 8.43. The van der Waals surface area contributed by atoms with Crippen molar-refractivity contribution < 1.29 is 4.74 Å². The Morgan fingerprint density at radius 2 is 2.00 bits per heavy atom. The smallest absolute Gasteiger partial charge is 0.193 e. The van der Waals surface area contributed by atoms with Crippen molar-refractivity contribution in [3.05, 3.63) is 18.2 Å². The van der Waals surface area contributed by atoms with Crippen LogP contribution in [0, 0.1) is 12.8 Å². The molecular formula is C22H39N5O. The van der Waals surface area contributed by atoms with Crippen LogP contribution in [0.5, 0.6) is 0 Å². The molecule has 28 heavy (non-hydrogen) atoms. The van der Waals surface area contributed by atoms with Crippen LogP contribution in [-0.4, -0.2) is 59.3 Å². The number of aromatic nitrogens is 2. The van der Waals surface area contributed by atoms with Gasteiger partial charge in [0.2, 0.25) is 0 Å². The number of piperidine rings is 1. The maximum absolute atomic E-state index is 6.22. The molecule has 0 amide bonds. The average Bonchev–Trinajstić information content (AvgIpc) is 3.38. The Morgan fingerprint density at radius 1 is 1.21 bits per heavy atom. The van der Waals surface area contributed by atoms with Gasteiger partial charge in [0.25, 0.3) is 0 Å².